The average molecular weight is 274 g/mol. The maximum absolute atomic E-state index is 14.0. The molecule has 1 aliphatic rings. The second-order valence-corrected chi connectivity index (χ2v) is 5.48. The van der Waals surface area contributed by atoms with Crippen molar-refractivity contribution in [2.45, 2.75) is 44.4 Å². The van der Waals surface area contributed by atoms with E-state index >= 15 is 0 Å². The molecule has 0 radical (unpaired) electrons. The minimum absolute atomic E-state index is 0.217. The summed E-state index contributed by atoms with van der Waals surface area (Å²) in [6.07, 6.45) is 7.06. The fraction of sp³-hybridized carbons (Fsp3) is 0.438. The molecule has 3 rings (SSSR count). The van der Waals surface area contributed by atoms with Crippen molar-refractivity contribution in [3.63, 3.8) is 0 Å². The molecule has 0 unspecified atom stereocenters. The summed E-state index contributed by atoms with van der Waals surface area (Å²) in [5.74, 6) is 0.264. The van der Waals surface area contributed by atoms with E-state index in [-0.39, 0.29) is 11.7 Å². The van der Waals surface area contributed by atoms with Crippen molar-refractivity contribution >= 4 is 5.88 Å². The van der Waals surface area contributed by atoms with E-state index in [9.17, 15) is 4.39 Å². The number of nitrogens with zero attached hydrogens (tertiary/aromatic N) is 1. The Kier molecular flexibility index (Phi) is 3.72. The molecule has 0 spiro atoms. The highest BCUT2D eigenvalue weighted by molar-refractivity contribution is 5.76. The van der Waals surface area contributed by atoms with Gasteiger partial charge in [-0.05, 0) is 18.9 Å². The molecule has 4 heteroatoms. The summed E-state index contributed by atoms with van der Waals surface area (Å²) < 4.78 is 19.2. The zero-order chi connectivity index (χ0) is 13.9. The number of anilines is 1. The van der Waals surface area contributed by atoms with Gasteiger partial charge in [0.15, 0.2) is 0 Å². The van der Waals surface area contributed by atoms with Crippen LogP contribution in [0.15, 0.2) is 28.8 Å². The van der Waals surface area contributed by atoms with Crippen molar-refractivity contribution in [2.75, 3.05) is 5.73 Å². The van der Waals surface area contributed by atoms with Gasteiger partial charge in [-0.2, -0.15) is 0 Å². The van der Waals surface area contributed by atoms with Gasteiger partial charge in [0.1, 0.15) is 5.82 Å². The van der Waals surface area contributed by atoms with Crippen molar-refractivity contribution in [1.82, 2.24) is 5.16 Å². The van der Waals surface area contributed by atoms with Gasteiger partial charge in [0.05, 0.1) is 11.3 Å². The molecule has 3 nitrogen and oxygen atoms in total. The van der Waals surface area contributed by atoms with E-state index in [1.807, 2.05) is 6.07 Å². The minimum atomic E-state index is -0.280. The molecular weight excluding hydrogens is 255 g/mol. The molecule has 1 saturated carbocycles. The fourth-order valence-corrected chi connectivity index (χ4v) is 3.08. The monoisotopic (exact) mass is 274 g/mol. The predicted molar refractivity (Wildman–Crippen MR) is 76.8 cm³/mol. The lowest BCUT2D eigenvalue weighted by Gasteiger charge is -2.13. The van der Waals surface area contributed by atoms with Gasteiger partial charge in [0.25, 0.3) is 0 Å². The van der Waals surface area contributed by atoms with Crippen molar-refractivity contribution in [2.24, 2.45) is 0 Å². The molecule has 0 amide bonds. The Morgan fingerprint density at radius 1 is 1.10 bits per heavy atom. The summed E-state index contributed by atoms with van der Waals surface area (Å²) in [5, 5.41) is 4.13. The number of rotatable bonds is 2. The largest absolute Gasteiger partial charge is 0.367 e. The van der Waals surface area contributed by atoms with Crippen LogP contribution in [0.2, 0.25) is 0 Å². The van der Waals surface area contributed by atoms with Crippen molar-refractivity contribution in [1.29, 1.82) is 0 Å². The first-order valence-corrected chi connectivity index (χ1v) is 7.27. The van der Waals surface area contributed by atoms with E-state index in [4.69, 9.17) is 10.3 Å². The zero-order valence-corrected chi connectivity index (χ0v) is 11.4. The first kappa shape index (κ1) is 13.2. The van der Waals surface area contributed by atoms with Crippen LogP contribution in [-0.2, 0) is 0 Å². The van der Waals surface area contributed by atoms with E-state index in [1.54, 1.807) is 12.1 Å². The summed E-state index contributed by atoms with van der Waals surface area (Å²) in [4.78, 5) is 0. The summed E-state index contributed by atoms with van der Waals surface area (Å²) in [6, 6.07) is 6.66. The predicted octanol–water partition coefficient (Wildman–Crippen LogP) is 4.50. The molecule has 1 fully saturated rings. The number of benzene rings is 1. The third kappa shape index (κ3) is 2.42. The Morgan fingerprint density at radius 2 is 1.80 bits per heavy atom. The van der Waals surface area contributed by atoms with Crippen molar-refractivity contribution in [3.8, 4) is 11.1 Å². The molecule has 1 heterocycles. The highest BCUT2D eigenvalue weighted by atomic mass is 19.1. The van der Waals surface area contributed by atoms with Crippen LogP contribution in [0.3, 0.4) is 0 Å². The lowest BCUT2D eigenvalue weighted by atomic mass is 9.91. The minimum Gasteiger partial charge on any atom is -0.367 e. The first-order chi connectivity index (χ1) is 9.77. The third-order valence-electron chi connectivity index (χ3n) is 4.13. The van der Waals surface area contributed by atoms with Gasteiger partial charge in [-0.25, -0.2) is 4.39 Å². The van der Waals surface area contributed by atoms with E-state index in [1.165, 1.54) is 31.7 Å². The Hall–Kier alpha value is -1.84. The Labute approximate surface area is 118 Å². The number of aromatic nitrogens is 1. The van der Waals surface area contributed by atoms with Crippen LogP contribution in [0.1, 0.15) is 50.1 Å². The second-order valence-electron chi connectivity index (χ2n) is 5.48. The lowest BCUT2D eigenvalue weighted by Crippen LogP contribution is -2.01. The van der Waals surface area contributed by atoms with Crippen LogP contribution in [0.25, 0.3) is 11.1 Å². The fourth-order valence-electron chi connectivity index (χ4n) is 3.08. The molecule has 106 valence electrons. The highest BCUT2D eigenvalue weighted by Crippen LogP contribution is 2.40. The molecule has 1 aromatic carbocycles. The van der Waals surface area contributed by atoms with Gasteiger partial charge in [0, 0.05) is 11.5 Å². The molecular formula is C16H19FN2O. The number of nitrogen functional groups attached to an aromatic ring is 1. The molecule has 20 heavy (non-hydrogen) atoms. The van der Waals surface area contributed by atoms with E-state index < -0.39 is 0 Å². The van der Waals surface area contributed by atoms with Gasteiger partial charge in [-0.1, -0.05) is 49.0 Å². The molecule has 0 bridgehead atoms. The number of hydrogen-bond donors (Lipinski definition) is 1. The molecule has 0 aliphatic heterocycles. The SMILES string of the molecule is Nc1onc(C2CCCCCC2)c1-c1ccccc1F. The van der Waals surface area contributed by atoms with E-state index in [0.717, 1.165) is 18.5 Å². The summed E-state index contributed by atoms with van der Waals surface area (Å²) in [7, 11) is 0. The number of nitrogens with two attached hydrogens (primary N) is 1. The maximum Gasteiger partial charge on any atom is 0.230 e. The zero-order valence-electron chi connectivity index (χ0n) is 11.4. The molecule has 1 aromatic heterocycles. The van der Waals surface area contributed by atoms with E-state index in [0.29, 0.717) is 17.0 Å². The number of halogens is 1. The molecule has 0 atom stereocenters. The quantitative estimate of drug-likeness (QED) is 0.820. The van der Waals surface area contributed by atoms with Gasteiger partial charge >= 0.3 is 0 Å². The molecule has 2 aromatic rings. The average Bonchev–Trinajstić information content (AvgIpc) is 2.67. The molecule has 2 N–H and O–H groups in total. The summed E-state index contributed by atoms with van der Waals surface area (Å²) in [6.45, 7) is 0. The lowest BCUT2D eigenvalue weighted by molar-refractivity contribution is 0.413. The van der Waals surface area contributed by atoms with Gasteiger partial charge in [-0.15, -0.1) is 0 Å². The number of hydrogen-bond acceptors (Lipinski definition) is 3. The van der Waals surface area contributed by atoms with Crippen molar-refractivity contribution < 1.29 is 8.91 Å². The Bertz CT molecular complexity index is 586. The van der Waals surface area contributed by atoms with Crippen LogP contribution in [-0.4, -0.2) is 5.16 Å². The van der Waals surface area contributed by atoms with Crippen LogP contribution < -0.4 is 5.73 Å². The molecule has 0 saturated heterocycles. The van der Waals surface area contributed by atoms with Crippen LogP contribution >= 0.6 is 0 Å². The van der Waals surface area contributed by atoms with Crippen LogP contribution in [0, 0.1) is 5.82 Å². The Balaban J connectivity index is 2.03. The molecule has 1 aliphatic carbocycles. The second kappa shape index (κ2) is 5.65. The van der Waals surface area contributed by atoms with Crippen LogP contribution in [0.4, 0.5) is 10.3 Å². The van der Waals surface area contributed by atoms with E-state index in [2.05, 4.69) is 5.16 Å². The normalized spacial score (nSPS) is 17.1. The summed E-state index contributed by atoms with van der Waals surface area (Å²) in [5.41, 5.74) is 7.86. The first-order valence-electron chi connectivity index (χ1n) is 7.27. The highest BCUT2D eigenvalue weighted by Gasteiger charge is 2.25. The standard InChI is InChI=1S/C16H19FN2O/c17-13-10-6-5-9-12(13)14-15(19-20-16(14)18)11-7-3-1-2-4-8-11/h5-6,9-11H,1-4,7-8,18H2. The van der Waals surface area contributed by atoms with Gasteiger partial charge in [-0.3, -0.25) is 0 Å². The Morgan fingerprint density at radius 3 is 2.50 bits per heavy atom. The summed E-state index contributed by atoms with van der Waals surface area (Å²) >= 11 is 0. The van der Waals surface area contributed by atoms with Crippen molar-refractivity contribution in [3.05, 3.63) is 35.8 Å². The van der Waals surface area contributed by atoms with Gasteiger partial charge in [0.2, 0.25) is 5.88 Å². The topological polar surface area (TPSA) is 52.0 Å². The smallest absolute Gasteiger partial charge is 0.230 e. The van der Waals surface area contributed by atoms with Gasteiger partial charge < -0.3 is 10.3 Å². The third-order valence-corrected chi connectivity index (χ3v) is 4.13. The van der Waals surface area contributed by atoms with Crippen LogP contribution in [0.5, 0.6) is 0 Å². The maximum atomic E-state index is 14.0.